The first-order valence-corrected chi connectivity index (χ1v) is 8.76. The number of anilines is 2. The summed E-state index contributed by atoms with van der Waals surface area (Å²) in [7, 11) is 0. The number of thiophene rings is 1. The summed E-state index contributed by atoms with van der Waals surface area (Å²) in [6, 6.07) is 6.90. The molecule has 2 heterocycles. The number of carbonyl (C=O) groups excluding carboxylic acids is 2. The number of nitrogens with zero attached hydrogens (tertiary/aromatic N) is 2. The van der Waals surface area contributed by atoms with Gasteiger partial charge in [-0.1, -0.05) is 6.07 Å². The molecule has 0 saturated carbocycles. The molecule has 0 spiro atoms. The quantitative estimate of drug-likeness (QED) is 0.719. The monoisotopic (exact) mass is 370 g/mol. The van der Waals surface area contributed by atoms with Crippen LogP contribution in [0, 0.1) is 13.8 Å². The van der Waals surface area contributed by atoms with Gasteiger partial charge in [-0.2, -0.15) is 0 Å². The van der Waals surface area contributed by atoms with Crippen molar-refractivity contribution >= 4 is 44.7 Å². The number of aryl methyl sites for hydroxylation is 2. The van der Waals surface area contributed by atoms with Crippen LogP contribution < -0.4 is 15.4 Å². The Morgan fingerprint density at radius 3 is 2.62 bits per heavy atom. The van der Waals surface area contributed by atoms with E-state index in [1.165, 1.54) is 13.3 Å². The second kappa shape index (κ2) is 7.49. The van der Waals surface area contributed by atoms with Gasteiger partial charge in [0.1, 0.15) is 11.2 Å². The molecule has 26 heavy (non-hydrogen) atoms. The Bertz CT molecular complexity index is 984. The second-order valence-electron chi connectivity index (χ2n) is 5.74. The molecule has 3 aromatic rings. The second-order valence-corrected chi connectivity index (χ2v) is 6.94. The lowest BCUT2D eigenvalue weighted by molar-refractivity contribution is -0.118. The minimum absolute atomic E-state index is 0.175. The predicted octanol–water partition coefficient (Wildman–Crippen LogP) is 3.28. The van der Waals surface area contributed by atoms with Crippen LogP contribution in [0.15, 0.2) is 30.6 Å². The Hall–Kier alpha value is -3.00. The fourth-order valence-electron chi connectivity index (χ4n) is 2.47. The first-order chi connectivity index (χ1) is 12.4. The molecule has 134 valence electrons. The van der Waals surface area contributed by atoms with Gasteiger partial charge in [-0.15, -0.1) is 11.3 Å². The van der Waals surface area contributed by atoms with Crippen LogP contribution in [0.1, 0.15) is 17.4 Å². The van der Waals surface area contributed by atoms with Gasteiger partial charge in [-0.25, -0.2) is 9.97 Å². The van der Waals surface area contributed by atoms with Crippen molar-refractivity contribution in [2.75, 3.05) is 17.2 Å². The highest BCUT2D eigenvalue weighted by atomic mass is 32.1. The molecular weight excluding hydrogens is 352 g/mol. The van der Waals surface area contributed by atoms with Crippen LogP contribution in [0.4, 0.5) is 11.4 Å². The van der Waals surface area contributed by atoms with Gasteiger partial charge in [0, 0.05) is 23.2 Å². The summed E-state index contributed by atoms with van der Waals surface area (Å²) in [6.07, 6.45) is 1.43. The van der Waals surface area contributed by atoms with Crippen molar-refractivity contribution in [2.24, 2.45) is 0 Å². The number of aromatic nitrogens is 2. The molecule has 2 aromatic heterocycles. The maximum atomic E-state index is 12.2. The summed E-state index contributed by atoms with van der Waals surface area (Å²) >= 11 is 1.57. The van der Waals surface area contributed by atoms with E-state index in [1.807, 2.05) is 13.8 Å². The summed E-state index contributed by atoms with van der Waals surface area (Å²) in [5.41, 5.74) is 2.24. The summed E-state index contributed by atoms with van der Waals surface area (Å²) in [5, 5.41) is 6.25. The fourth-order valence-corrected chi connectivity index (χ4v) is 3.46. The maximum Gasteiger partial charge on any atom is 0.262 e. The molecule has 2 amide bonds. The molecule has 0 radical (unpaired) electrons. The van der Waals surface area contributed by atoms with Crippen LogP contribution in [-0.2, 0) is 9.59 Å². The van der Waals surface area contributed by atoms with Crippen LogP contribution in [0.5, 0.6) is 5.88 Å². The maximum absolute atomic E-state index is 12.2. The van der Waals surface area contributed by atoms with Crippen molar-refractivity contribution in [3.05, 3.63) is 41.0 Å². The third kappa shape index (κ3) is 3.97. The first-order valence-electron chi connectivity index (χ1n) is 7.95. The molecule has 0 aliphatic heterocycles. The van der Waals surface area contributed by atoms with E-state index in [9.17, 15) is 9.59 Å². The summed E-state index contributed by atoms with van der Waals surface area (Å²) < 4.78 is 5.62. The predicted molar refractivity (Wildman–Crippen MR) is 102 cm³/mol. The van der Waals surface area contributed by atoms with Crippen LogP contribution in [-0.4, -0.2) is 28.4 Å². The summed E-state index contributed by atoms with van der Waals surface area (Å²) in [5.74, 6) is -0.0913. The van der Waals surface area contributed by atoms with E-state index >= 15 is 0 Å². The molecule has 0 aliphatic rings. The van der Waals surface area contributed by atoms with Gasteiger partial charge in [0.2, 0.25) is 11.8 Å². The normalized spacial score (nSPS) is 10.6. The zero-order valence-corrected chi connectivity index (χ0v) is 15.4. The Morgan fingerprint density at radius 2 is 1.88 bits per heavy atom. The zero-order chi connectivity index (χ0) is 18.7. The third-order valence-corrected chi connectivity index (χ3v) is 4.85. The van der Waals surface area contributed by atoms with Gasteiger partial charge in [0.25, 0.3) is 5.91 Å². The van der Waals surface area contributed by atoms with Gasteiger partial charge in [-0.3, -0.25) is 9.59 Å². The molecule has 0 atom stereocenters. The van der Waals surface area contributed by atoms with E-state index in [1.54, 1.807) is 35.6 Å². The average Bonchev–Trinajstić information content (AvgIpc) is 2.88. The molecule has 0 fully saturated rings. The number of ether oxygens (including phenoxy) is 1. The van der Waals surface area contributed by atoms with Crippen molar-refractivity contribution in [1.82, 2.24) is 9.97 Å². The number of hydrogen-bond donors (Lipinski definition) is 2. The Balaban J connectivity index is 1.67. The number of hydrogen-bond acceptors (Lipinski definition) is 6. The Morgan fingerprint density at radius 1 is 1.15 bits per heavy atom. The van der Waals surface area contributed by atoms with Gasteiger partial charge >= 0.3 is 0 Å². The first kappa shape index (κ1) is 17.8. The molecule has 0 saturated heterocycles. The SMILES string of the molecule is CC(=O)Nc1cccc(NC(=O)COc2ncnc3sc(C)c(C)c23)c1. The summed E-state index contributed by atoms with van der Waals surface area (Å²) in [6.45, 7) is 5.25. The van der Waals surface area contributed by atoms with Gasteiger partial charge < -0.3 is 15.4 Å². The molecule has 0 bridgehead atoms. The lowest BCUT2D eigenvalue weighted by Crippen LogP contribution is -2.20. The number of rotatable bonds is 5. The van der Waals surface area contributed by atoms with Crippen molar-refractivity contribution < 1.29 is 14.3 Å². The summed E-state index contributed by atoms with van der Waals surface area (Å²) in [4.78, 5) is 33.7. The van der Waals surface area contributed by atoms with Crippen LogP contribution in [0.25, 0.3) is 10.2 Å². The number of fused-ring (bicyclic) bond motifs is 1. The van der Waals surface area contributed by atoms with E-state index in [2.05, 4.69) is 20.6 Å². The molecule has 0 unspecified atom stereocenters. The smallest absolute Gasteiger partial charge is 0.262 e. The van der Waals surface area contributed by atoms with Crippen molar-refractivity contribution in [3.8, 4) is 5.88 Å². The number of nitrogens with one attached hydrogen (secondary N) is 2. The number of carbonyl (C=O) groups is 2. The van der Waals surface area contributed by atoms with Crippen molar-refractivity contribution in [3.63, 3.8) is 0 Å². The van der Waals surface area contributed by atoms with Crippen LogP contribution >= 0.6 is 11.3 Å². The molecule has 3 rings (SSSR count). The highest BCUT2D eigenvalue weighted by Gasteiger charge is 2.14. The van der Waals surface area contributed by atoms with Crippen LogP contribution in [0.2, 0.25) is 0 Å². The van der Waals surface area contributed by atoms with E-state index in [4.69, 9.17) is 4.74 Å². The minimum Gasteiger partial charge on any atom is -0.467 e. The Labute approximate surface area is 154 Å². The highest BCUT2D eigenvalue weighted by Crippen LogP contribution is 2.33. The Kier molecular flexibility index (Phi) is 5.13. The minimum atomic E-state index is -0.318. The topological polar surface area (TPSA) is 93.2 Å². The average molecular weight is 370 g/mol. The van der Waals surface area contributed by atoms with Crippen molar-refractivity contribution in [2.45, 2.75) is 20.8 Å². The third-order valence-electron chi connectivity index (χ3n) is 3.74. The zero-order valence-electron chi connectivity index (χ0n) is 14.6. The van der Waals surface area contributed by atoms with Gasteiger partial charge in [-0.05, 0) is 37.6 Å². The van der Waals surface area contributed by atoms with E-state index < -0.39 is 0 Å². The number of amides is 2. The van der Waals surface area contributed by atoms with Gasteiger partial charge in [0.15, 0.2) is 6.61 Å². The van der Waals surface area contributed by atoms with E-state index in [-0.39, 0.29) is 18.4 Å². The lowest BCUT2D eigenvalue weighted by atomic mass is 10.2. The fraction of sp³-hybridized carbons (Fsp3) is 0.222. The molecule has 2 N–H and O–H groups in total. The largest absolute Gasteiger partial charge is 0.467 e. The van der Waals surface area contributed by atoms with E-state index in [0.717, 1.165) is 20.7 Å². The molecule has 1 aromatic carbocycles. The lowest BCUT2D eigenvalue weighted by Gasteiger charge is -2.09. The molecule has 8 heteroatoms. The van der Waals surface area contributed by atoms with Crippen LogP contribution in [0.3, 0.4) is 0 Å². The van der Waals surface area contributed by atoms with Crippen molar-refractivity contribution in [1.29, 1.82) is 0 Å². The molecular formula is C18H18N4O3S. The van der Waals surface area contributed by atoms with Gasteiger partial charge in [0.05, 0.1) is 5.39 Å². The van der Waals surface area contributed by atoms with E-state index in [0.29, 0.717) is 17.3 Å². The standard InChI is InChI=1S/C18H18N4O3S/c1-10-11(2)26-18-16(10)17(19-9-20-18)25-8-15(24)22-14-6-4-5-13(7-14)21-12(3)23/h4-7,9H,8H2,1-3H3,(H,21,23)(H,22,24). The molecule has 7 nitrogen and oxygen atoms in total. The highest BCUT2D eigenvalue weighted by molar-refractivity contribution is 7.18. The number of benzene rings is 1. The molecule has 0 aliphatic carbocycles.